The van der Waals surface area contributed by atoms with Crippen molar-refractivity contribution in [3.05, 3.63) is 59.7 Å². The molecule has 0 atom stereocenters. The highest BCUT2D eigenvalue weighted by Crippen LogP contribution is 2.34. The van der Waals surface area contributed by atoms with Gasteiger partial charge < -0.3 is 10.1 Å². The maximum atomic E-state index is 12.9. The monoisotopic (exact) mass is 354 g/mol. The number of hydrogen-bond donors (Lipinski definition) is 2. The standard InChI is InChI=1S/C16H13F3N2O2S/c1-23-11-6-4-5-10(9-11)14(22)21-15(24)20-13-8-3-2-7-12(13)16(17,18)19/h2-9H,1H3,(H2,20,21,22,24). The molecule has 2 N–H and O–H groups in total. The number of alkyl halides is 3. The second-order valence-electron chi connectivity index (χ2n) is 4.68. The highest BCUT2D eigenvalue weighted by atomic mass is 32.1. The minimum absolute atomic E-state index is 0.235. The van der Waals surface area contributed by atoms with Gasteiger partial charge in [0, 0.05) is 5.56 Å². The number of methoxy groups -OCH3 is 1. The molecule has 0 spiro atoms. The molecule has 0 heterocycles. The first kappa shape index (κ1) is 17.7. The number of carbonyl (C=O) groups is 1. The summed E-state index contributed by atoms with van der Waals surface area (Å²) in [5.41, 5.74) is -0.841. The summed E-state index contributed by atoms with van der Waals surface area (Å²) < 4.78 is 43.8. The van der Waals surface area contributed by atoms with E-state index in [1.165, 1.54) is 37.4 Å². The summed E-state index contributed by atoms with van der Waals surface area (Å²) in [5.74, 6) is -0.0835. The van der Waals surface area contributed by atoms with Gasteiger partial charge in [0.2, 0.25) is 0 Å². The molecule has 0 aliphatic carbocycles. The molecule has 4 nitrogen and oxygen atoms in total. The predicted molar refractivity (Wildman–Crippen MR) is 88.1 cm³/mol. The Morgan fingerprint density at radius 3 is 2.50 bits per heavy atom. The summed E-state index contributed by atoms with van der Waals surface area (Å²) in [6, 6.07) is 11.2. The molecule has 8 heteroatoms. The summed E-state index contributed by atoms with van der Waals surface area (Å²) in [7, 11) is 1.46. The van der Waals surface area contributed by atoms with Crippen LogP contribution in [0.1, 0.15) is 15.9 Å². The largest absolute Gasteiger partial charge is 0.497 e. The number of nitrogens with one attached hydrogen (secondary N) is 2. The number of amides is 1. The van der Waals surface area contributed by atoms with Crippen molar-refractivity contribution in [1.29, 1.82) is 0 Å². The zero-order valence-electron chi connectivity index (χ0n) is 12.5. The first-order valence-electron chi connectivity index (χ1n) is 6.74. The summed E-state index contributed by atoms with van der Waals surface area (Å²) >= 11 is 4.91. The first-order chi connectivity index (χ1) is 11.3. The number of ether oxygens (including phenoxy) is 1. The molecule has 126 valence electrons. The zero-order chi connectivity index (χ0) is 17.7. The Hall–Kier alpha value is -2.61. The lowest BCUT2D eigenvalue weighted by Crippen LogP contribution is -2.34. The molecule has 1 amide bonds. The van der Waals surface area contributed by atoms with E-state index < -0.39 is 17.6 Å². The normalized spacial score (nSPS) is 10.8. The highest BCUT2D eigenvalue weighted by Gasteiger charge is 2.33. The van der Waals surface area contributed by atoms with Gasteiger partial charge >= 0.3 is 6.18 Å². The number of benzene rings is 2. The van der Waals surface area contributed by atoms with E-state index in [0.717, 1.165) is 6.07 Å². The summed E-state index contributed by atoms with van der Waals surface area (Å²) in [6.07, 6.45) is -4.53. The van der Waals surface area contributed by atoms with Crippen LogP contribution in [0.3, 0.4) is 0 Å². The minimum Gasteiger partial charge on any atom is -0.497 e. The molecule has 2 aromatic rings. The number of para-hydroxylation sites is 1. The van der Waals surface area contributed by atoms with Crippen LogP contribution in [0, 0.1) is 0 Å². The molecular weight excluding hydrogens is 341 g/mol. The van der Waals surface area contributed by atoms with E-state index in [0.29, 0.717) is 5.75 Å². The molecule has 24 heavy (non-hydrogen) atoms. The third kappa shape index (κ3) is 4.45. The Balaban J connectivity index is 2.10. The number of thiocarbonyl (C=S) groups is 1. The lowest BCUT2D eigenvalue weighted by molar-refractivity contribution is -0.136. The van der Waals surface area contributed by atoms with Gasteiger partial charge in [-0.2, -0.15) is 13.2 Å². The lowest BCUT2D eigenvalue weighted by atomic mass is 10.1. The van der Waals surface area contributed by atoms with Gasteiger partial charge in [-0.25, -0.2) is 0 Å². The van der Waals surface area contributed by atoms with Crippen molar-refractivity contribution in [2.75, 3.05) is 12.4 Å². The molecule has 0 aromatic heterocycles. The molecule has 0 saturated heterocycles. The van der Waals surface area contributed by atoms with Crippen molar-refractivity contribution >= 4 is 28.9 Å². The number of hydrogen-bond acceptors (Lipinski definition) is 3. The molecule has 0 aliphatic rings. The number of halogens is 3. The summed E-state index contributed by atoms with van der Waals surface area (Å²) in [5, 5.41) is 4.49. The predicted octanol–water partition coefficient (Wildman–Crippen LogP) is 3.84. The van der Waals surface area contributed by atoms with E-state index in [1.807, 2.05) is 0 Å². The van der Waals surface area contributed by atoms with Gasteiger partial charge in [0.1, 0.15) is 5.75 Å². The fraction of sp³-hybridized carbons (Fsp3) is 0.125. The molecule has 0 bridgehead atoms. The van der Waals surface area contributed by atoms with Crippen LogP contribution in [-0.2, 0) is 6.18 Å². The molecule has 0 saturated carbocycles. The van der Waals surface area contributed by atoms with E-state index >= 15 is 0 Å². The Morgan fingerprint density at radius 2 is 1.83 bits per heavy atom. The smallest absolute Gasteiger partial charge is 0.418 e. The number of anilines is 1. The molecule has 2 aromatic carbocycles. The summed E-state index contributed by atoms with van der Waals surface area (Å²) in [6.45, 7) is 0. The number of rotatable bonds is 3. The average Bonchev–Trinajstić information content (AvgIpc) is 2.54. The molecule has 0 radical (unpaired) electrons. The second kappa shape index (κ2) is 7.31. The third-order valence-corrected chi connectivity index (χ3v) is 3.24. The van der Waals surface area contributed by atoms with E-state index in [-0.39, 0.29) is 16.4 Å². The fourth-order valence-electron chi connectivity index (χ4n) is 1.93. The fourth-order valence-corrected chi connectivity index (χ4v) is 2.14. The van der Waals surface area contributed by atoms with Gasteiger partial charge in [0.25, 0.3) is 5.91 Å². The maximum Gasteiger partial charge on any atom is 0.418 e. The lowest BCUT2D eigenvalue weighted by Gasteiger charge is -2.15. The van der Waals surface area contributed by atoms with Crippen molar-refractivity contribution in [3.63, 3.8) is 0 Å². The average molecular weight is 354 g/mol. The third-order valence-electron chi connectivity index (χ3n) is 3.04. The van der Waals surface area contributed by atoms with Crippen LogP contribution in [0.4, 0.5) is 18.9 Å². The van der Waals surface area contributed by atoms with Crippen molar-refractivity contribution in [2.45, 2.75) is 6.18 Å². The minimum atomic E-state index is -4.53. The topological polar surface area (TPSA) is 50.4 Å². The van der Waals surface area contributed by atoms with E-state index in [1.54, 1.807) is 12.1 Å². The Bertz CT molecular complexity index is 763. The van der Waals surface area contributed by atoms with Crippen LogP contribution in [-0.4, -0.2) is 18.1 Å². The van der Waals surface area contributed by atoms with Crippen LogP contribution in [0.15, 0.2) is 48.5 Å². The molecule has 0 fully saturated rings. The Morgan fingerprint density at radius 1 is 1.12 bits per heavy atom. The SMILES string of the molecule is COc1cccc(C(=O)NC(=S)Nc2ccccc2C(F)(F)F)c1. The van der Waals surface area contributed by atoms with Crippen molar-refractivity contribution in [1.82, 2.24) is 5.32 Å². The Labute approximate surface area is 141 Å². The van der Waals surface area contributed by atoms with Crippen LogP contribution in [0.2, 0.25) is 0 Å². The molecule has 0 unspecified atom stereocenters. The van der Waals surface area contributed by atoms with Gasteiger partial charge in [-0.1, -0.05) is 18.2 Å². The molecule has 0 aliphatic heterocycles. The van der Waals surface area contributed by atoms with Crippen molar-refractivity contribution in [3.8, 4) is 5.75 Å². The van der Waals surface area contributed by atoms with E-state index in [4.69, 9.17) is 17.0 Å². The van der Waals surface area contributed by atoms with Gasteiger partial charge in [-0.05, 0) is 42.5 Å². The van der Waals surface area contributed by atoms with Crippen LogP contribution in [0.5, 0.6) is 5.75 Å². The highest BCUT2D eigenvalue weighted by molar-refractivity contribution is 7.80. The molecule has 2 rings (SSSR count). The quantitative estimate of drug-likeness (QED) is 0.823. The van der Waals surface area contributed by atoms with Gasteiger partial charge in [-0.3, -0.25) is 10.1 Å². The van der Waals surface area contributed by atoms with Crippen LogP contribution >= 0.6 is 12.2 Å². The van der Waals surface area contributed by atoms with Crippen molar-refractivity contribution < 1.29 is 22.7 Å². The van der Waals surface area contributed by atoms with Gasteiger partial charge in [0.15, 0.2) is 5.11 Å². The maximum absolute atomic E-state index is 12.9. The van der Waals surface area contributed by atoms with Crippen molar-refractivity contribution in [2.24, 2.45) is 0 Å². The Kier molecular flexibility index (Phi) is 5.40. The molecular formula is C16H13F3N2O2S. The van der Waals surface area contributed by atoms with Crippen LogP contribution in [0.25, 0.3) is 0 Å². The number of carbonyl (C=O) groups excluding carboxylic acids is 1. The second-order valence-corrected chi connectivity index (χ2v) is 5.09. The van der Waals surface area contributed by atoms with E-state index in [2.05, 4.69) is 10.6 Å². The van der Waals surface area contributed by atoms with Gasteiger partial charge in [0.05, 0.1) is 18.4 Å². The first-order valence-corrected chi connectivity index (χ1v) is 7.14. The zero-order valence-corrected chi connectivity index (χ0v) is 13.3. The van der Waals surface area contributed by atoms with Gasteiger partial charge in [-0.15, -0.1) is 0 Å². The van der Waals surface area contributed by atoms with Crippen LogP contribution < -0.4 is 15.4 Å². The van der Waals surface area contributed by atoms with E-state index in [9.17, 15) is 18.0 Å². The summed E-state index contributed by atoms with van der Waals surface area (Å²) in [4.78, 5) is 12.1.